The zero-order chi connectivity index (χ0) is 15.3. The Morgan fingerprint density at radius 3 is 2.77 bits per heavy atom. The molecule has 1 aliphatic heterocycles. The SMILES string of the molecule is Clc1c[c]c(N2CCc3c([nH]c4ccc(Cl)cc34)C2)c(Cl)c1. The molecule has 0 saturated heterocycles. The Hall–Kier alpha value is -1.35. The van der Waals surface area contributed by atoms with Gasteiger partial charge in [0.15, 0.2) is 0 Å². The first kappa shape index (κ1) is 14.3. The van der Waals surface area contributed by atoms with E-state index in [1.807, 2.05) is 18.2 Å². The van der Waals surface area contributed by atoms with Gasteiger partial charge in [-0.25, -0.2) is 0 Å². The molecule has 0 aliphatic carbocycles. The predicted molar refractivity (Wildman–Crippen MR) is 93.4 cm³/mol. The third-order valence-electron chi connectivity index (χ3n) is 4.09. The van der Waals surface area contributed by atoms with Crippen LogP contribution in [0.2, 0.25) is 15.1 Å². The number of anilines is 1. The average Bonchev–Trinajstić information content (AvgIpc) is 2.84. The summed E-state index contributed by atoms with van der Waals surface area (Å²) < 4.78 is 0. The minimum Gasteiger partial charge on any atom is -0.364 e. The van der Waals surface area contributed by atoms with E-state index in [-0.39, 0.29) is 0 Å². The zero-order valence-electron chi connectivity index (χ0n) is 11.6. The van der Waals surface area contributed by atoms with Crippen molar-refractivity contribution >= 4 is 51.4 Å². The van der Waals surface area contributed by atoms with Crippen molar-refractivity contribution in [3.8, 4) is 0 Å². The molecule has 5 heteroatoms. The summed E-state index contributed by atoms with van der Waals surface area (Å²) in [6.45, 7) is 1.67. The molecule has 3 aromatic rings. The Morgan fingerprint density at radius 2 is 1.95 bits per heavy atom. The molecule has 2 nitrogen and oxygen atoms in total. The fraction of sp³-hybridized carbons (Fsp3) is 0.176. The fourth-order valence-electron chi connectivity index (χ4n) is 3.08. The summed E-state index contributed by atoms with van der Waals surface area (Å²) in [5.74, 6) is 0. The van der Waals surface area contributed by atoms with Crippen LogP contribution in [-0.2, 0) is 13.0 Å². The second kappa shape index (κ2) is 5.38. The lowest BCUT2D eigenvalue weighted by atomic mass is 10.0. The van der Waals surface area contributed by atoms with Crippen LogP contribution in [0.4, 0.5) is 5.69 Å². The van der Waals surface area contributed by atoms with Gasteiger partial charge in [-0.2, -0.15) is 0 Å². The lowest BCUT2D eigenvalue weighted by molar-refractivity contribution is 0.724. The van der Waals surface area contributed by atoms with Gasteiger partial charge in [-0.3, -0.25) is 0 Å². The number of aromatic amines is 1. The van der Waals surface area contributed by atoms with E-state index in [4.69, 9.17) is 34.8 Å². The zero-order valence-corrected chi connectivity index (χ0v) is 13.9. The monoisotopic (exact) mass is 349 g/mol. The molecule has 4 rings (SSSR count). The van der Waals surface area contributed by atoms with E-state index in [1.54, 1.807) is 12.1 Å². The number of aromatic nitrogens is 1. The molecular formula is C17H12Cl3N2. The van der Waals surface area contributed by atoms with E-state index in [1.165, 1.54) is 16.6 Å². The molecule has 0 fully saturated rings. The summed E-state index contributed by atoms with van der Waals surface area (Å²) in [4.78, 5) is 5.71. The highest BCUT2D eigenvalue weighted by molar-refractivity contribution is 6.36. The van der Waals surface area contributed by atoms with Gasteiger partial charge in [0.1, 0.15) is 0 Å². The molecule has 0 spiro atoms. The van der Waals surface area contributed by atoms with Crippen LogP contribution in [0, 0.1) is 6.07 Å². The Labute approximate surface area is 143 Å². The number of benzene rings is 2. The van der Waals surface area contributed by atoms with E-state index >= 15 is 0 Å². The second-order valence-corrected chi connectivity index (χ2v) is 6.74. The van der Waals surface area contributed by atoms with Gasteiger partial charge >= 0.3 is 0 Å². The van der Waals surface area contributed by atoms with Gasteiger partial charge in [-0.15, -0.1) is 0 Å². The first-order valence-corrected chi connectivity index (χ1v) is 8.16. The van der Waals surface area contributed by atoms with E-state index in [0.29, 0.717) is 10.0 Å². The minimum absolute atomic E-state index is 0.603. The first-order chi connectivity index (χ1) is 10.6. The van der Waals surface area contributed by atoms with Gasteiger partial charge in [-0.1, -0.05) is 34.8 Å². The largest absolute Gasteiger partial charge is 0.364 e. The second-order valence-electron chi connectivity index (χ2n) is 5.46. The van der Waals surface area contributed by atoms with E-state index in [2.05, 4.69) is 16.0 Å². The van der Waals surface area contributed by atoms with Crippen molar-refractivity contribution in [2.24, 2.45) is 0 Å². The molecule has 0 amide bonds. The van der Waals surface area contributed by atoms with E-state index in [0.717, 1.165) is 35.7 Å². The maximum absolute atomic E-state index is 6.30. The molecule has 1 radical (unpaired) electrons. The average molecular weight is 351 g/mol. The van der Waals surface area contributed by atoms with Crippen molar-refractivity contribution in [3.05, 3.63) is 62.7 Å². The van der Waals surface area contributed by atoms with Gasteiger partial charge in [-0.05, 0) is 42.3 Å². The highest BCUT2D eigenvalue weighted by Gasteiger charge is 2.22. The van der Waals surface area contributed by atoms with Crippen LogP contribution in [-0.4, -0.2) is 11.5 Å². The molecule has 22 heavy (non-hydrogen) atoms. The number of hydrogen-bond acceptors (Lipinski definition) is 1. The highest BCUT2D eigenvalue weighted by Crippen LogP contribution is 2.34. The van der Waals surface area contributed by atoms with Crippen LogP contribution in [0.1, 0.15) is 11.3 Å². The summed E-state index contributed by atoms with van der Waals surface area (Å²) in [5.41, 5.74) is 4.58. The maximum Gasteiger partial charge on any atom is 0.0660 e. The van der Waals surface area contributed by atoms with Crippen molar-refractivity contribution in [1.29, 1.82) is 0 Å². The van der Waals surface area contributed by atoms with Crippen LogP contribution in [0.15, 0.2) is 30.3 Å². The summed E-state index contributed by atoms with van der Waals surface area (Å²) in [7, 11) is 0. The van der Waals surface area contributed by atoms with Crippen LogP contribution >= 0.6 is 34.8 Å². The van der Waals surface area contributed by atoms with Crippen molar-refractivity contribution in [2.45, 2.75) is 13.0 Å². The van der Waals surface area contributed by atoms with E-state index < -0.39 is 0 Å². The highest BCUT2D eigenvalue weighted by atomic mass is 35.5. The summed E-state index contributed by atoms with van der Waals surface area (Å²) in [6.07, 6.45) is 0.947. The molecular weight excluding hydrogens is 339 g/mol. The number of H-pyrrole nitrogens is 1. The standard InChI is InChI=1S/C17H12Cl3N2/c18-10-1-3-15-13(7-10)12-5-6-22(9-16(12)21-15)17-4-2-11(19)8-14(17)20/h1-3,7-8,21H,5-6,9H2. The predicted octanol–water partition coefficient (Wildman–Crippen LogP) is 5.49. The number of nitrogens with zero attached hydrogens (tertiary/aromatic N) is 1. The van der Waals surface area contributed by atoms with Crippen LogP contribution < -0.4 is 4.90 Å². The molecule has 0 saturated carbocycles. The van der Waals surface area contributed by atoms with Gasteiger partial charge < -0.3 is 9.88 Å². The third kappa shape index (κ3) is 2.36. The normalized spacial score (nSPS) is 14.4. The molecule has 111 valence electrons. The summed E-state index contributed by atoms with van der Waals surface area (Å²) in [6, 6.07) is 12.7. The molecule has 0 atom stereocenters. The van der Waals surface area contributed by atoms with Crippen molar-refractivity contribution in [1.82, 2.24) is 4.98 Å². The molecule has 2 heterocycles. The quantitative estimate of drug-likeness (QED) is 0.615. The van der Waals surface area contributed by atoms with E-state index in [9.17, 15) is 0 Å². The number of rotatable bonds is 1. The summed E-state index contributed by atoms with van der Waals surface area (Å²) >= 11 is 18.4. The molecule has 0 unspecified atom stereocenters. The molecule has 2 aromatic carbocycles. The molecule has 0 bridgehead atoms. The number of nitrogens with one attached hydrogen (secondary N) is 1. The van der Waals surface area contributed by atoms with Crippen molar-refractivity contribution in [2.75, 3.05) is 11.4 Å². The maximum atomic E-state index is 6.30. The van der Waals surface area contributed by atoms with Gasteiger partial charge in [0.25, 0.3) is 0 Å². The van der Waals surface area contributed by atoms with Crippen LogP contribution in [0.25, 0.3) is 10.9 Å². The van der Waals surface area contributed by atoms with Crippen LogP contribution in [0.5, 0.6) is 0 Å². The summed E-state index contributed by atoms with van der Waals surface area (Å²) in [5, 5.41) is 3.22. The smallest absolute Gasteiger partial charge is 0.0660 e. The number of halogens is 3. The molecule has 1 aliphatic rings. The van der Waals surface area contributed by atoms with Gasteiger partial charge in [0.05, 0.1) is 17.3 Å². The van der Waals surface area contributed by atoms with Gasteiger partial charge in [0, 0.05) is 39.3 Å². The molecule has 1 aromatic heterocycles. The van der Waals surface area contributed by atoms with Crippen molar-refractivity contribution < 1.29 is 0 Å². The Morgan fingerprint density at radius 1 is 1.09 bits per heavy atom. The lowest BCUT2D eigenvalue weighted by Gasteiger charge is -2.29. The molecule has 1 N–H and O–H groups in total. The Bertz CT molecular complexity index is 870. The topological polar surface area (TPSA) is 19.0 Å². The van der Waals surface area contributed by atoms with Gasteiger partial charge in [0.2, 0.25) is 0 Å². The lowest BCUT2D eigenvalue weighted by Crippen LogP contribution is -2.30. The fourth-order valence-corrected chi connectivity index (χ4v) is 3.77. The third-order valence-corrected chi connectivity index (χ3v) is 4.83. The number of hydrogen-bond donors (Lipinski definition) is 1. The Balaban J connectivity index is 1.73. The number of fused-ring (bicyclic) bond motifs is 3. The minimum atomic E-state index is 0.603. The van der Waals surface area contributed by atoms with Crippen LogP contribution in [0.3, 0.4) is 0 Å². The first-order valence-electron chi connectivity index (χ1n) is 7.02. The van der Waals surface area contributed by atoms with Crippen molar-refractivity contribution in [3.63, 3.8) is 0 Å². The Kier molecular flexibility index (Phi) is 3.48.